The Labute approximate surface area is 296 Å². The Morgan fingerprint density at radius 2 is 0.674 bits per heavy atom. The van der Waals surface area contributed by atoms with E-state index in [0.717, 1.165) is 41.9 Å². The van der Waals surface area contributed by atoms with Crippen LogP contribution in [0.3, 0.4) is 0 Å². The Balaban J connectivity index is 1.26. The van der Waals surface area contributed by atoms with Crippen LogP contribution in [0.5, 0.6) is 0 Å². The molecular weight excluding hydrogens is 705 g/mol. The fraction of sp³-hybridized carbons (Fsp3) is 0.0833. The van der Waals surface area contributed by atoms with E-state index < -0.39 is 0 Å². The van der Waals surface area contributed by atoms with Gasteiger partial charge in [0.1, 0.15) is 0 Å². The van der Waals surface area contributed by atoms with Crippen molar-refractivity contribution in [3.63, 3.8) is 0 Å². The molecule has 3 aromatic heterocycles. The molecule has 0 radical (unpaired) electrons. The monoisotopic (exact) mass is 731 g/mol. The lowest BCUT2D eigenvalue weighted by atomic mass is 10.3. The van der Waals surface area contributed by atoms with E-state index in [4.69, 9.17) is 0 Å². The van der Waals surface area contributed by atoms with Crippen LogP contribution in [0.1, 0.15) is 49.8 Å². The van der Waals surface area contributed by atoms with E-state index in [1.54, 1.807) is 56.1 Å². The maximum absolute atomic E-state index is 11.8. The Bertz CT molecular complexity index is 1770. The molecule has 0 saturated carbocycles. The lowest BCUT2D eigenvalue weighted by Crippen LogP contribution is -2.04. The third-order valence-electron chi connectivity index (χ3n) is 6.62. The first kappa shape index (κ1) is 33.1. The molecule has 3 heterocycles. The van der Waals surface area contributed by atoms with Gasteiger partial charge in [0.25, 0.3) is 0 Å². The molecule has 0 fully saturated rings. The van der Waals surface area contributed by atoms with E-state index in [9.17, 15) is 14.4 Å². The summed E-state index contributed by atoms with van der Waals surface area (Å²) < 4.78 is 3.29. The predicted octanol–water partition coefficient (Wildman–Crippen LogP) is 12.0. The van der Waals surface area contributed by atoms with Gasteiger partial charge in [0.05, 0.1) is 38.2 Å². The minimum Gasteiger partial charge on any atom is -0.294 e. The molecule has 0 saturated heterocycles. The van der Waals surface area contributed by atoms with Gasteiger partial charge in [0, 0.05) is 14.7 Å². The largest absolute Gasteiger partial charge is 0.294 e. The molecule has 0 aliphatic heterocycles. The lowest BCUT2D eigenvalue weighted by molar-refractivity contribution is 0.101. The molecular formula is C36H27O3S7+. The van der Waals surface area contributed by atoms with Crippen molar-refractivity contribution >= 4 is 97.5 Å². The number of carbonyl (C=O) groups excluding carboxylic acids is 3. The third kappa shape index (κ3) is 8.17. The van der Waals surface area contributed by atoms with Crippen LogP contribution in [0.2, 0.25) is 0 Å². The van der Waals surface area contributed by atoms with Gasteiger partial charge in [-0.25, -0.2) is 0 Å². The summed E-state index contributed by atoms with van der Waals surface area (Å²) in [5.74, 6) is 0.285. The molecule has 230 valence electrons. The summed E-state index contributed by atoms with van der Waals surface area (Å²) in [5, 5.41) is 0. The first-order valence-electron chi connectivity index (χ1n) is 14.1. The summed E-state index contributed by atoms with van der Waals surface area (Å²) in [6, 6.07) is 37.9. The van der Waals surface area contributed by atoms with Gasteiger partial charge in [-0.1, -0.05) is 35.3 Å². The summed E-state index contributed by atoms with van der Waals surface area (Å²) >= 11 is 9.61. The average molecular weight is 732 g/mol. The zero-order valence-electron chi connectivity index (χ0n) is 25.0. The highest BCUT2D eigenvalue weighted by Gasteiger charge is 2.29. The first-order valence-corrected chi connectivity index (χ1v) is 20.2. The number of benzene rings is 3. The van der Waals surface area contributed by atoms with Crippen molar-refractivity contribution in [2.24, 2.45) is 0 Å². The predicted molar refractivity (Wildman–Crippen MR) is 197 cm³/mol. The quantitative estimate of drug-likeness (QED) is 0.0923. The Morgan fingerprint density at radius 3 is 0.891 bits per heavy atom. The van der Waals surface area contributed by atoms with Crippen molar-refractivity contribution in [1.82, 2.24) is 0 Å². The smallest absolute Gasteiger partial charge is 0.169 e. The zero-order chi connectivity index (χ0) is 32.2. The Kier molecular flexibility index (Phi) is 10.7. The second kappa shape index (κ2) is 14.9. The van der Waals surface area contributed by atoms with Gasteiger partial charge >= 0.3 is 0 Å². The number of Topliss-reactive ketones (excluding diaryl/α,β-unsaturated/α-hetero) is 3. The Hall–Kier alpha value is -2.83. The van der Waals surface area contributed by atoms with E-state index >= 15 is 0 Å². The van der Waals surface area contributed by atoms with Crippen LogP contribution < -0.4 is 0 Å². The second-order valence-electron chi connectivity index (χ2n) is 10.1. The molecule has 0 N–H and O–H groups in total. The van der Waals surface area contributed by atoms with Crippen molar-refractivity contribution in [3.05, 3.63) is 124 Å². The molecule has 0 spiro atoms. The first-order chi connectivity index (χ1) is 22.2. The highest BCUT2D eigenvalue weighted by molar-refractivity contribution is 8.01. The fourth-order valence-corrected chi connectivity index (χ4v) is 12.4. The van der Waals surface area contributed by atoms with Crippen LogP contribution in [0, 0.1) is 0 Å². The molecule has 3 nitrogen and oxygen atoms in total. The number of ketones is 3. The summed E-state index contributed by atoms with van der Waals surface area (Å²) in [7, 11) is -0.339. The molecule has 10 heteroatoms. The van der Waals surface area contributed by atoms with E-state index in [2.05, 4.69) is 72.8 Å². The van der Waals surface area contributed by atoms with Crippen molar-refractivity contribution in [3.8, 4) is 0 Å². The maximum Gasteiger partial charge on any atom is 0.169 e. The SMILES string of the molecule is CC(=O)c1ccc(Sc2ccc([S+](c3ccc(Sc4ccc(C(C)=O)s4)cc3)c3ccc(Sc4ccc(C(C)=O)s4)cc3)cc2)s1. The fourth-order valence-electron chi connectivity index (χ4n) is 4.38. The van der Waals surface area contributed by atoms with E-state index in [1.165, 1.54) is 48.7 Å². The normalized spacial score (nSPS) is 11.2. The van der Waals surface area contributed by atoms with Crippen molar-refractivity contribution < 1.29 is 14.4 Å². The topological polar surface area (TPSA) is 51.2 Å². The van der Waals surface area contributed by atoms with Crippen molar-refractivity contribution in [2.75, 3.05) is 0 Å². The second-order valence-corrected chi connectivity index (χ2v) is 19.5. The lowest BCUT2D eigenvalue weighted by Gasteiger charge is -2.10. The summed E-state index contributed by atoms with van der Waals surface area (Å²) in [4.78, 5) is 44.6. The number of thiophene rings is 3. The van der Waals surface area contributed by atoms with Gasteiger partial charge in [0.2, 0.25) is 0 Å². The minimum absolute atomic E-state index is 0.0949. The van der Waals surface area contributed by atoms with Crippen LogP contribution in [-0.4, -0.2) is 17.3 Å². The van der Waals surface area contributed by atoms with Gasteiger partial charge in [0.15, 0.2) is 32.0 Å². The van der Waals surface area contributed by atoms with Crippen LogP contribution in [0.15, 0.2) is 151 Å². The molecule has 0 unspecified atom stereocenters. The summed E-state index contributed by atoms with van der Waals surface area (Å²) in [5.41, 5.74) is 0. The number of hydrogen-bond acceptors (Lipinski definition) is 9. The highest BCUT2D eigenvalue weighted by atomic mass is 32.2. The summed E-state index contributed by atoms with van der Waals surface area (Å²) in [6.45, 7) is 4.81. The molecule has 6 rings (SSSR count). The molecule has 0 bridgehead atoms. The van der Waals surface area contributed by atoms with Gasteiger partial charge in [-0.05, 0) is 130 Å². The van der Waals surface area contributed by atoms with Crippen LogP contribution >= 0.6 is 69.3 Å². The third-order valence-corrected chi connectivity index (χ3v) is 15.8. The molecule has 0 amide bonds. The van der Waals surface area contributed by atoms with Gasteiger partial charge in [-0.15, -0.1) is 34.0 Å². The standard InChI is InChI=1S/C36H27O3S7/c1-22(37)31-16-19-34(43-31)40-25-4-10-28(11-5-25)46(29-12-6-26(7-13-29)41-35-20-17-32(44-35)23(2)38)30-14-8-27(9-15-30)42-36-21-18-33(45-36)24(3)39/h4-21H,1-3H3/q+1. The van der Waals surface area contributed by atoms with E-state index in [-0.39, 0.29) is 28.2 Å². The average Bonchev–Trinajstić information content (AvgIpc) is 3.82. The van der Waals surface area contributed by atoms with Crippen LogP contribution in [0.25, 0.3) is 0 Å². The molecule has 46 heavy (non-hydrogen) atoms. The molecule has 0 atom stereocenters. The number of hydrogen-bond donors (Lipinski definition) is 0. The van der Waals surface area contributed by atoms with Gasteiger partial charge in [-0.2, -0.15) is 0 Å². The van der Waals surface area contributed by atoms with Crippen molar-refractivity contribution in [2.45, 2.75) is 62.8 Å². The van der Waals surface area contributed by atoms with Crippen molar-refractivity contribution in [1.29, 1.82) is 0 Å². The molecule has 0 aliphatic rings. The summed E-state index contributed by atoms with van der Waals surface area (Å²) in [6.07, 6.45) is 0. The molecule has 0 aliphatic carbocycles. The Morgan fingerprint density at radius 1 is 0.413 bits per heavy atom. The van der Waals surface area contributed by atoms with E-state index in [1.807, 2.05) is 36.4 Å². The minimum atomic E-state index is -0.339. The molecule has 3 aromatic carbocycles. The zero-order valence-corrected chi connectivity index (χ0v) is 30.7. The highest BCUT2D eigenvalue weighted by Crippen LogP contribution is 2.40. The van der Waals surface area contributed by atoms with Gasteiger partial charge in [-0.3, -0.25) is 14.4 Å². The maximum atomic E-state index is 11.8. The van der Waals surface area contributed by atoms with Crippen LogP contribution in [0.4, 0.5) is 0 Å². The molecule has 6 aromatic rings. The van der Waals surface area contributed by atoms with Crippen LogP contribution in [-0.2, 0) is 10.9 Å². The number of rotatable bonds is 12. The number of carbonyl (C=O) groups is 3. The van der Waals surface area contributed by atoms with Gasteiger partial charge < -0.3 is 0 Å². The van der Waals surface area contributed by atoms with E-state index in [0.29, 0.717) is 0 Å².